The van der Waals surface area contributed by atoms with Gasteiger partial charge in [-0.2, -0.15) is 0 Å². The van der Waals surface area contributed by atoms with E-state index in [0.29, 0.717) is 18.4 Å². The molecule has 0 spiro atoms. The normalized spacial score (nSPS) is 17.5. The smallest absolute Gasteiger partial charge is 0.239 e. The van der Waals surface area contributed by atoms with Gasteiger partial charge in [0.05, 0.1) is 12.3 Å². The standard InChI is InChI=1S/C15H30N4O3S.HI/c1-12(9-10-23(3,21)22)18-15(16-2)17-11-14(20)19-13-7-5-4-6-8-13;/h12-13H,4-11H2,1-3H3,(H,19,20)(H2,16,17,18);1H. The fourth-order valence-electron chi connectivity index (χ4n) is 2.58. The van der Waals surface area contributed by atoms with Crippen molar-refractivity contribution in [3.8, 4) is 0 Å². The van der Waals surface area contributed by atoms with Crippen molar-refractivity contribution in [2.75, 3.05) is 25.6 Å². The van der Waals surface area contributed by atoms with Gasteiger partial charge in [0.2, 0.25) is 5.91 Å². The third-order valence-corrected chi connectivity index (χ3v) is 4.89. The van der Waals surface area contributed by atoms with Gasteiger partial charge in [-0.05, 0) is 26.2 Å². The van der Waals surface area contributed by atoms with Gasteiger partial charge in [0.15, 0.2) is 5.96 Å². The molecule has 9 heteroatoms. The molecule has 0 heterocycles. The maximum absolute atomic E-state index is 11.9. The van der Waals surface area contributed by atoms with Crippen molar-refractivity contribution in [3.05, 3.63) is 0 Å². The molecule has 1 unspecified atom stereocenters. The lowest BCUT2D eigenvalue weighted by Crippen LogP contribution is -2.48. The number of carbonyl (C=O) groups is 1. The lowest BCUT2D eigenvalue weighted by molar-refractivity contribution is -0.120. The Bertz CT molecular complexity index is 505. The molecule has 0 bridgehead atoms. The third-order valence-electron chi connectivity index (χ3n) is 3.92. The zero-order valence-corrected chi connectivity index (χ0v) is 17.9. The highest BCUT2D eigenvalue weighted by atomic mass is 127. The van der Waals surface area contributed by atoms with Gasteiger partial charge < -0.3 is 16.0 Å². The van der Waals surface area contributed by atoms with E-state index in [0.717, 1.165) is 12.8 Å². The van der Waals surface area contributed by atoms with Crippen molar-refractivity contribution >= 4 is 45.7 Å². The summed E-state index contributed by atoms with van der Waals surface area (Å²) in [6, 6.07) is 0.249. The summed E-state index contributed by atoms with van der Waals surface area (Å²) in [5, 5.41) is 9.09. The lowest BCUT2D eigenvalue weighted by Gasteiger charge is -2.23. The minimum Gasteiger partial charge on any atom is -0.354 e. The molecule has 7 nitrogen and oxygen atoms in total. The average Bonchev–Trinajstić information content (AvgIpc) is 2.49. The van der Waals surface area contributed by atoms with Crippen LogP contribution in [-0.2, 0) is 14.6 Å². The summed E-state index contributed by atoms with van der Waals surface area (Å²) in [7, 11) is -1.35. The van der Waals surface area contributed by atoms with Gasteiger partial charge in [-0.15, -0.1) is 24.0 Å². The number of sulfone groups is 1. The Morgan fingerprint density at radius 2 is 1.88 bits per heavy atom. The van der Waals surface area contributed by atoms with Crippen molar-refractivity contribution in [2.45, 2.75) is 57.5 Å². The van der Waals surface area contributed by atoms with E-state index in [1.165, 1.54) is 25.5 Å². The van der Waals surface area contributed by atoms with Gasteiger partial charge in [0.25, 0.3) is 0 Å². The largest absolute Gasteiger partial charge is 0.354 e. The molecule has 3 N–H and O–H groups in total. The first kappa shape index (κ1) is 23.4. The van der Waals surface area contributed by atoms with Crippen LogP contribution in [0.15, 0.2) is 4.99 Å². The summed E-state index contributed by atoms with van der Waals surface area (Å²) in [6.07, 6.45) is 7.45. The fraction of sp³-hybridized carbons (Fsp3) is 0.867. The second-order valence-corrected chi connectivity index (χ2v) is 8.55. The van der Waals surface area contributed by atoms with Crippen LogP contribution in [0.4, 0.5) is 0 Å². The number of guanidine groups is 1. The van der Waals surface area contributed by atoms with E-state index >= 15 is 0 Å². The van der Waals surface area contributed by atoms with Gasteiger partial charge in [-0.1, -0.05) is 19.3 Å². The molecule has 1 fully saturated rings. The summed E-state index contributed by atoms with van der Waals surface area (Å²) >= 11 is 0. The van der Waals surface area contributed by atoms with E-state index in [1.807, 2.05) is 6.92 Å². The van der Waals surface area contributed by atoms with E-state index in [2.05, 4.69) is 20.9 Å². The van der Waals surface area contributed by atoms with E-state index in [1.54, 1.807) is 7.05 Å². The van der Waals surface area contributed by atoms with E-state index in [-0.39, 0.29) is 48.2 Å². The molecule has 24 heavy (non-hydrogen) atoms. The van der Waals surface area contributed by atoms with E-state index < -0.39 is 9.84 Å². The molecule has 142 valence electrons. The first-order valence-electron chi connectivity index (χ1n) is 8.24. The van der Waals surface area contributed by atoms with Crippen LogP contribution in [-0.4, -0.2) is 58.0 Å². The third kappa shape index (κ3) is 11.1. The van der Waals surface area contributed by atoms with Crippen LogP contribution in [0.2, 0.25) is 0 Å². The highest BCUT2D eigenvalue weighted by Crippen LogP contribution is 2.17. The zero-order valence-electron chi connectivity index (χ0n) is 14.8. The van der Waals surface area contributed by atoms with Crippen LogP contribution in [0.5, 0.6) is 0 Å². The topological polar surface area (TPSA) is 99.7 Å². The Morgan fingerprint density at radius 3 is 2.42 bits per heavy atom. The van der Waals surface area contributed by atoms with Crippen molar-refractivity contribution < 1.29 is 13.2 Å². The summed E-state index contributed by atoms with van der Waals surface area (Å²) in [4.78, 5) is 16.0. The molecule has 0 saturated heterocycles. The second kappa shape index (κ2) is 11.9. The monoisotopic (exact) mass is 474 g/mol. The van der Waals surface area contributed by atoms with E-state index in [4.69, 9.17) is 0 Å². The maximum Gasteiger partial charge on any atom is 0.239 e. The number of nitrogens with zero attached hydrogens (tertiary/aromatic N) is 1. The van der Waals surface area contributed by atoms with Crippen molar-refractivity contribution in [3.63, 3.8) is 0 Å². The van der Waals surface area contributed by atoms with E-state index in [9.17, 15) is 13.2 Å². The van der Waals surface area contributed by atoms with Gasteiger partial charge in [0, 0.05) is 25.4 Å². The van der Waals surface area contributed by atoms with Crippen LogP contribution in [0.1, 0.15) is 45.4 Å². The van der Waals surface area contributed by atoms with Crippen LogP contribution in [0, 0.1) is 0 Å². The number of aliphatic imine (C=N–C) groups is 1. The van der Waals surface area contributed by atoms with Gasteiger partial charge in [-0.25, -0.2) is 8.42 Å². The number of rotatable bonds is 7. The maximum atomic E-state index is 11.9. The number of hydrogen-bond donors (Lipinski definition) is 3. The molecule has 1 atom stereocenters. The van der Waals surface area contributed by atoms with Gasteiger partial charge in [0.1, 0.15) is 9.84 Å². The summed E-state index contributed by atoms with van der Waals surface area (Å²) in [5.74, 6) is 0.591. The molecule has 0 radical (unpaired) electrons. The molecular weight excluding hydrogens is 443 g/mol. The number of amides is 1. The first-order valence-corrected chi connectivity index (χ1v) is 10.3. The highest BCUT2D eigenvalue weighted by molar-refractivity contribution is 14.0. The Kier molecular flexibility index (Phi) is 11.6. The van der Waals surface area contributed by atoms with Gasteiger partial charge >= 0.3 is 0 Å². The Hall–Kier alpha value is -0.580. The molecule has 0 aromatic carbocycles. The van der Waals surface area contributed by atoms with Crippen LogP contribution in [0.25, 0.3) is 0 Å². The zero-order chi connectivity index (χ0) is 17.3. The van der Waals surface area contributed by atoms with Crippen molar-refractivity contribution in [2.24, 2.45) is 4.99 Å². The van der Waals surface area contributed by atoms with Crippen LogP contribution in [0.3, 0.4) is 0 Å². The molecule has 1 aliphatic carbocycles. The van der Waals surface area contributed by atoms with Crippen LogP contribution >= 0.6 is 24.0 Å². The molecule has 1 amide bonds. The van der Waals surface area contributed by atoms with Crippen LogP contribution < -0.4 is 16.0 Å². The quantitative estimate of drug-likeness (QED) is 0.291. The molecule has 1 aliphatic rings. The first-order chi connectivity index (χ1) is 10.8. The lowest BCUT2D eigenvalue weighted by atomic mass is 9.95. The van der Waals surface area contributed by atoms with Crippen molar-refractivity contribution in [1.82, 2.24) is 16.0 Å². The number of carbonyl (C=O) groups excluding carboxylic acids is 1. The molecular formula is C15H31IN4O3S. The molecule has 0 aromatic heterocycles. The Labute approximate surface area is 162 Å². The predicted octanol–water partition coefficient (Wildman–Crippen LogP) is 1.04. The number of nitrogens with one attached hydrogen (secondary N) is 3. The fourth-order valence-corrected chi connectivity index (χ4v) is 3.36. The summed E-state index contributed by atoms with van der Waals surface area (Å²) in [5.41, 5.74) is 0. The molecule has 1 rings (SSSR count). The number of halogens is 1. The second-order valence-electron chi connectivity index (χ2n) is 6.29. The molecule has 0 aromatic rings. The summed E-state index contributed by atoms with van der Waals surface area (Å²) in [6.45, 7) is 2.05. The van der Waals surface area contributed by atoms with Gasteiger partial charge in [-0.3, -0.25) is 9.79 Å². The SMILES string of the molecule is CN=C(NCC(=O)NC1CCCCC1)NC(C)CCS(C)(=O)=O.I. The Morgan fingerprint density at radius 1 is 1.25 bits per heavy atom. The van der Waals surface area contributed by atoms with Crippen molar-refractivity contribution in [1.29, 1.82) is 0 Å². The summed E-state index contributed by atoms with van der Waals surface area (Å²) < 4.78 is 22.3. The Balaban J connectivity index is 0.00000529. The molecule has 1 saturated carbocycles. The predicted molar refractivity (Wildman–Crippen MR) is 109 cm³/mol. The molecule has 0 aliphatic heterocycles. The minimum atomic E-state index is -2.97. The minimum absolute atomic E-state index is 0. The number of hydrogen-bond acceptors (Lipinski definition) is 4. The highest BCUT2D eigenvalue weighted by Gasteiger charge is 2.16. The average molecular weight is 474 g/mol.